The largest absolute Gasteiger partial charge is 0.507 e. The van der Waals surface area contributed by atoms with Gasteiger partial charge in [-0.25, -0.2) is 4.98 Å². The third kappa shape index (κ3) is 8.85. The zero-order chi connectivity index (χ0) is 46.9. The average molecular weight is 881 g/mol. The molecular formula is C48H56N4O12. The van der Waals surface area contributed by atoms with E-state index in [1.54, 1.807) is 45.9 Å². The van der Waals surface area contributed by atoms with Crippen LogP contribution in [0, 0.1) is 37.5 Å². The highest BCUT2D eigenvalue weighted by atomic mass is 16.7. The smallest absolute Gasteiger partial charge is 0.312 e. The molecule has 64 heavy (non-hydrogen) atoms. The van der Waals surface area contributed by atoms with E-state index in [4.69, 9.17) is 18.9 Å². The van der Waals surface area contributed by atoms with Crippen LogP contribution in [0.5, 0.6) is 23.0 Å². The zero-order valence-corrected chi connectivity index (χ0v) is 37.5. The molecule has 9 atom stereocenters. The molecule has 340 valence electrons. The zero-order valence-electron chi connectivity index (χ0n) is 37.5. The standard InChI is InChI=1S/C48H56N4O12/c1-22-14-13-15-23(2)47(60)51-38-31(21-49-52-34-20-24(3)30-16-11-12-17-32(30)50-34)42(57)35-36(43(38)58)41(56)28(7)45-37(35)46(59)48(9,64-45)62-19-18-33(61-10)25(4)44(63-29(8)53)27(6)40(55)26(5)39(22)54/h11-22,25-27,33,39-40,44,54-58H,1-10H3,(H,50,52)(H,51,60)/b14-13+,19-18+,23-15-,49-21-/t22-,25-,26-,27-,33+,39+,40+,44-,48+/m1/s1. The van der Waals surface area contributed by atoms with Gasteiger partial charge >= 0.3 is 11.8 Å². The third-order valence-electron chi connectivity index (χ3n) is 12.3. The number of aromatic nitrogens is 1. The van der Waals surface area contributed by atoms with E-state index >= 15 is 0 Å². The van der Waals surface area contributed by atoms with E-state index in [9.17, 15) is 39.9 Å². The number of aliphatic hydroxyl groups is 2. The minimum atomic E-state index is -2.08. The van der Waals surface area contributed by atoms with Crippen molar-refractivity contribution in [3.8, 4) is 23.0 Å². The number of pyridine rings is 1. The molecule has 0 saturated carbocycles. The number of methoxy groups -OCH3 is 1. The van der Waals surface area contributed by atoms with Crippen molar-refractivity contribution in [1.82, 2.24) is 4.98 Å². The molecule has 0 spiro atoms. The number of carbonyl (C=O) groups is 3. The second-order valence-electron chi connectivity index (χ2n) is 16.8. The third-order valence-corrected chi connectivity index (χ3v) is 12.3. The second kappa shape index (κ2) is 18.7. The number of anilines is 2. The summed E-state index contributed by atoms with van der Waals surface area (Å²) < 4.78 is 23.6. The van der Waals surface area contributed by atoms with Gasteiger partial charge in [-0.1, -0.05) is 64.1 Å². The molecule has 0 radical (unpaired) electrons. The molecule has 4 aromatic rings. The highest BCUT2D eigenvalue weighted by Gasteiger charge is 2.50. The number of para-hydroxylation sites is 1. The molecule has 3 aliphatic rings. The van der Waals surface area contributed by atoms with Crippen LogP contribution >= 0.6 is 0 Å². The summed E-state index contributed by atoms with van der Waals surface area (Å²) in [5, 5.41) is 66.0. The molecule has 1 amide bonds. The minimum Gasteiger partial charge on any atom is -0.507 e. The maximum atomic E-state index is 14.5. The number of ketones is 1. The Kier molecular flexibility index (Phi) is 13.7. The lowest BCUT2D eigenvalue weighted by molar-refractivity contribution is -0.160. The van der Waals surface area contributed by atoms with Crippen molar-refractivity contribution in [3.05, 3.63) is 88.7 Å². The number of amides is 1. The summed E-state index contributed by atoms with van der Waals surface area (Å²) in [6.45, 7) is 14.3. The van der Waals surface area contributed by atoms with Crippen molar-refractivity contribution in [2.75, 3.05) is 17.9 Å². The number of hydrazone groups is 1. The number of nitrogens with zero attached hydrogens (tertiary/aromatic N) is 2. The summed E-state index contributed by atoms with van der Waals surface area (Å²) in [5.41, 5.74) is 3.79. The Morgan fingerprint density at radius 3 is 2.34 bits per heavy atom. The predicted molar refractivity (Wildman–Crippen MR) is 242 cm³/mol. The van der Waals surface area contributed by atoms with E-state index in [2.05, 4.69) is 20.8 Å². The number of benzene rings is 3. The summed E-state index contributed by atoms with van der Waals surface area (Å²) in [5.74, 6) is -8.42. The number of aliphatic hydroxyl groups excluding tert-OH is 2. The lowest BCUT2D eigenvalue weighted by atomic mass is 9.78. The number of phenolic OH excluding ortho intramolecular Hbond substituents is 3. The van der Waals surface area contributed by atoms with Crippen LogP contribution in [0.4, 0.5) is 11.5 Å². The van der Waals surface area contributed by atoms with Crippen LogP contribution in [0.15, 0.2) is 71.6 Å². The van der Waals surface area contributed by atoms with Crippen molar-refractivity contribution in [2.45, 2.75) is 92.5 Å². The van der Waals surface area contributed by atoms with E-state index in [1.807, 2.05) is 31.2 Å². The van der Waals surface area contributed by atoms with Gasteiger partial charge in [-0.3, -0.25) is 19.8 Å². The number of phenols is 3. The second-order valence-corrected chi connectivity index (χ2v) is 16.8. The Hall–Kier alpha value is -6.49. The van der Waals surface area contributed by atoms with Gasteiger partial charge in [0.25, 0.3) is 11.7 Å². The monoisotopic (exact) mass is 880 g/mol. The maximum absolute atomic E-state index is 14.5. The summed E-state index contributed by atoms with van der Waals surface area (Å²) >= 11 is 0. The number of esters is 1. The van der Waals surface area contributed by atoms with Crippen LogP contribution in [0.1, 0.15) is 75.5 Å². The molecule has 3 aromatic carbocycles. The summed E-state index contributed by atoms with van der Waals surface area (Å²) in [6.07, 6.45) is 4.55. The van der Waals surface area contributed by atoms with Gasteiger partial charge in [0, 0.05) is 66.5 Å². The molecule has 16 nitrogen and oxygen atoms in total. The summed E-state index contributed by atoms with van der Waals surface area (Å²) in [4.78, 5) is 45.3. The number of hydrogen-bond donors (Lipinski definition) is 7. The number of aromatic hydroxyl groups is 3. The number of ether oxygens (including phenoxy) is 4. The van der Waals surface area contributed by atoms with E-state index in [0.29, 0.717) is 11.3 Å². The molecule has 5 bridgehead atoms. The normalized spacial score (nSPS) is 28.7. The molecular weight excluding hydrogens is 825 g/mol. The van der Waals surface area contributed by atoms with E-state index in [-0.39, 0.29) is 44.5 Å². The highest BCUT2D eigenvalue weighted by Crippen LogP contribution is 2.55. The SMILES string of the molecule is CO[C@H]1/C=C/O[C@@]2(C)Oc3c(C)c(O)c4c(O)c(c(/C=N\Nc5cc(C)c6ccccc6n5)c(O)c4c3C2=O)NC(=O)/C(C)=C\C=C\[C@@H](C)[C@H](O)[C@@H](C)[C@H](O)[C@@H](C)[C@H](OC(C)=O)[C@@H]1C. The highest BCUT2D eigenvalue weighted by molar-refractivity contribution is 6.24. The number of Topliss-reactive ketones (excluding diaryl/α,β-unsaturated/α-hetero) is 1. The molecule has 7 rings (SSSR count). The topological polar surface area (TPSA) is 239 Å². The molecule has 4 heterocycles. The Morgan fingerprint density at radius 1 is 0.953 bits per heavy atom. The first-order valence-corrected chi connectivity index (χ1v) is 21.0. The minimum absolute atomic E-state index is 0.0254. The fourth-order valence-corrected chi connectivity index (χ4v) is 8.44. The van der Waals surface area contributed by atoms with Crippen LogP contribution in [0.25, 0.3) is 21.7 Å². The van der Waals surface area contributed by atoms with Crippen molar-refractivity contribution >= 4 is 57.1 Å². The van der Waals surface area contributed by atoms with Gasteiger partial charge in [0.2, 0.25) is 0 Å². The Bertz CT molecular complexity index is 2620. The van der Waals surface area contributed by atoms with Crippen molar-refractivity contribution in [1.29, 1.82) is 0 Å². The first-order valence-electron chi connectivity index (χ1n) is 21.0. The van der Waals surface area contributed by atoms with Crippen LogP contribution < -0.4 is 15.5 Å². The van der Waals surface area contributed by atoms with Gasteiger partial charge < -0.3 is 49.8 Å². The molecule has 3 aliphatic heterocycles. The number of hydrogen-bond acceptors (Lipinski definition) is 15. The van der Waals surface area contributed by atoms with Gasteiger partial charge in [0.05, 0.1) is 58.5 Å². The number of rotatable bonds is 5. The first-order chi connectivity index (χ1) is 30.2. The van der Waals surface area contributed by atoms with Crippen LogP contribution in [-0.2, 0) is 23.8 Å². The molecule has 16 heteroatoms. The van der Waals surface area contributed by atoms with Crippen molar-refractivity contribution in [3.63, 3.8) is 0 Å². The summed E-state index contributed by atoms with van der Waals surface area (Å²) in [7, 11) is 1.43. The Labute approximate surface area is 370 Å². The molecule has 1 aromatic heterocycles. The lowest BCUT2D eigenvalue weighted by Crippen LogP contribution is -2.46. The van der Waals surface area contributed by atoms with Gasteiger partial charge in [0.15, 0.2) is 5.75 Å². The lowest BCUT2D eigenvalue weighted by Gasteiger charge is -2.38. The van der Waals surface area contributed by atoms with Crippen LogP contribution in [0.3, 0.4) is 0 Å². The number of allylic oxidation sites excluding steroid dienone is 2. The van der Waals surface area contributed by atoms with Crippen molar-refractivity contribution < 1.29 is 58.9 Å². The fraction of sp³-hybridized carbons (Fsp3) is 0.396. The van der Waals surface area contributed by atoms with Gasteiger partial charge in [-0.2, -0.15) is 5.10 Å². The average Bonchev–Trinajstić information content (AvgIpc) is 3.52. The maximum Gasteiger partial charge on any atom is 0.312 e. The predicted octanol–water partition coefficient (Wildman–Crippen LogP) is 7.06. The number of fused-ring (bicyclic) bond motifs is 15. The summed E-state index contributed by atoms with van der Waals surface area (Å²) in [6, 6.07) is 9.29. The van der Waals surface area contributed by atoms with E-state index in [1.165, 1.54) is 53.2 Å². The van der Waals surface area contributed by atoms with Gasteiger partial charge in [0.1, 0.15) is 29.2 Å². The van der Waals surface area contributed by atoms with Crippen LogP contribution in [-0.4, -0.2) is 91.7 Å². The number of aryl methyl sites for hydroxylation is 1. The molecule has 7 N–H and O–H groups in total. The molecule has 0 aliphatic carbocycles. The molecule has 0 saturated heterocycles. The van der Waals surface area contributed by atoms with Gasteiger partial charge in [-0.05, 0) is 44.5 Å². The van der Waals surface area contributed by atoms with Gasteiger partial charge in [-0.15, -0.1) is 0 Å². The number of nitrogens with one attached hydrogen (secondary N) is 2. The Morgan fingerprint density at radius 2 is 1.66 bits per heavy atom. The fourth-order valence-electron chi connectivity index (χ4n) is 8.44. The molecule has 0 unspecified atom stereocenters. The quantitative estimate of drug-likeness (QED) is 0.0350. The van der Waals surface area contributed by atoms with Crippen molar-refractivity contribution in [2.24, 2.45) is 28.8 Å². The Balaban J connectivity index is 1.52. The van der Waals surface area contributed by atoms with E-state index < -0.39 is 88.8 Å². The van der Waals surface area contributed by atoms with E-state index in [0.717, 1.165) is 17.2 Å². The van der Waals surface area contributed by atoms with Crippen LogP contribution in [0.2, 0.25) is 0 Å². The first kappa shape index (κ1) is 47.0. The molecule has 0 fully saturated rings. The number of carbonyl (C=O) groups excluding carboxylic acids is 3.